The van der Waals surface area contributed by atoms with E-state index in [0.29, 0.717) is 37.3 Å². The number of Topliss-reactive ketones (excluding diaryl/α,β-unsaturated/α-hetero) is 1. The van der Waals surface area contributed by atoms with Gasteiger partial charge in [0.15, 0.2) is 11.9 Å². The number of halogens is 1. The topological polar surface area (TPSA) is 150 Å². The molecule has 1 amide bonds. The number of carbonyl (C=O) groups excluding carboxylic acids is 4. The number of ether oxygens (including phenoxy) is 6. The number of esters is 2. The average molecular weight is 864 g/mol. The van der Waals surface area contributed by atoms with Crippen LogP contribution in [0.2, 0.25) is 5.02 Å². The first-order chi connectivity index (χ1) is 28.3. The van der Waals surface area contributed by atoms with Crippen LogP contribution in [0.4, 0.5) is 4.79 Å². The van der Waals surface area contributed by atoms with E-state index in [1.807, 2.05) is 60.7 Å². The predicted molar refractivity (Wildman–Crippen MR) is 226 cm³/mol. The number of likely N-dealkylation sites (N-methyl/N-ethyl adjacent to an activating group) is 1. The zero-order valence-corrected chi connectivity index (χ0v) is 38.4. The summed E-state index contributed by atoms with van der Waals surface area (Å²) in [5.74, 6) is -4.65. The normalized spacial score (nSPS) is 38.6. The molecule has 14 atom stereocenters. The van der Waals surface area contributed by atoms with Crippen molar-refractivity contribution in [2.45, 2.75) is 174 Å². The summed E-state index contributed by atoms with van der Waals surface area (Å²) in [6, 6.07) is 6.30. The first-order valence-corrected chi connectivity index (χ1v) is 22.6. The SMILES string of the molecule is CC[C@H]1OC(=O)[C@H](C)[C@@H](OC(=O)C2CCCC2)[C@H](C)[C@@H](O[C@@H]2O[C@H](C)C[C@H](N(C)CC)[C@H]2O)[C@@](C)(OC)C[C@@H](C)C(=O)[C@@H](C)[C@H]2N(CCc3ccc(Cl)cc3)C(=O)O[C@]12C. The van der Waals surface area contributed by atoms with E-state index in [4.69, 9.17) is 40.0 Å². The molecular formula is C46H71ClN2O11. The zero-order chi connectivity index (χ0) is 44.3. The Bertz CT molecular complexity index is 1640. The summed E-state index contributed by atoms with van der Waals surface area (Å²) in [5, 5.41) is 12.4. The molecule has 0 aromatic heterocycles. The highest BCUT2D eigenvalue weighted by Gasteiger charge is 2.60. The second kappa shape index (κ2) is 20.1. The standard InChI is InChI=1S/C46H71ClN2O11/c1-12-35-46(9)39(49(44(54)60-46)23-22-31-18-20-33(47)21-19-31)28(5)36(50)26(3)25-45(8,55-11)40(59-43-37(51)34(48(10)13-2)24-27(4)56-43)29(6)38(30(7)41(52)57-35)58-42(53)32-16-14-15-17-32/h18-21,26-30,32,34-35,37-40,43,51H,12-17,22-25H2,1-11H3/t26-,27-,28-,29+,30-,34+,35-,37-,38+,39-,40-,43+,45+,46-/m1/s1. The largest absolute Gasteiger partial charge is 0.461 e. The predicted octanol–water partition coefficient (Wildman–Crippen LogP) is 7.01. The highest BCUT2D eigenvalue weighted by atomic mass is 35.5. The van der Waals surface area contributed by atoms with Gasteiger partial charge < -0.3 is 38.4 Å². The van der Waals surface area contributed by atoms with E-state index in [1.54, 1.807) is 44.9 Å². The van der Waals surface area contributed by atoms with Gasteiger partial charge in [-0.1, -0.05) is 71.2 Å². The van der Waals surface area contributed by atoms with Crippen molar-refractivity contribution in [1.29, 1.82) is 0 Å². The summed E-state index contributed by atoms with van der Waals surface area (Å²) in [6.45, 7) is 17.5. The van der Waals surface area contributed by atoms with Crippen LogP contribution in [0.3, 0.4) is 0 Å². The number of cyclic esters (lactones) is 1. The Morgan fingerprint density at radius 2 is 1.67 bits per heavy atom. The van der Waals surface area contributed by atoms with Crippen LogP contribution in [0.1, 0.15) is 113 Å². The summed E-state index contributed by atoms with van der Waals surface area (Å²) < 4.78 is 38.7. The lowest BCUT2D eigenvalue weighted by Gasteiger charge is -2.48. The molecule has 3 saturated heterocycles. The number of rotatable bonds is 11. The molecule has 0 radical (unpaired) electrons. The molecular weight excluding hydrogens is 792 g/mol. The highest BCUT2D eigenvalue weighted by molar-refractivity contribution is 6.30. The van der Waals surface area contributed by atoms with Crippen LogP contribution in [0, 0.1) is 29.6 Å². The second-order valence-corrected chi connectivity index (χ2v) is 18.9. The van der Waals surface area contributed by atoms with E-state index in [-0.39, 0.29) is 43.2 Å². The molecule has 60 heavy (non-hydrogen) atoms. The number of nitrogens with zero attached hydrogens (tertiary/aromatic N) is 2. The van der Waals surface area contributed by atoms with Gasteiger partial charge in [0, 0.05) is 42.5 Å². The number of amides is 1. The number of ketones is 1. The molecule has 4 aliphatic rings. The van der Waals surface area contributed by atoms with E-state index >= 15 is 0 Å². The molecule has 338 valence electrons. The zero-order valence-electron chi connectivity index (χ0n) is 37.7. The van der Waals surface area contributed by atoms with Gasteiger partial charge in [-0.2, -0.15) is 0 Å². The van der Waals surface area contributed by atoms with Gasteiger partial charge in [-0.3, -0.25) is 19.3 Å². The molecule has 3 heterocycles. The second-order valence-electron chi connectivity index (χ2n) is 18.5. The van der Waals surface area contributed by atoms with Crippen LogP contribution >= 0.6 is 11.6 Å². The summed E-state index contributed by atoms with van der Waals surface area (Å²) in [5.41, 5.74) is -1.71. The molecule has 3 aliphatic heterocycles. The molecule has 5 rings (SSSR count). The van der Waals surface area contributed by atoms with E-state index < -0.39 is 89.7 Å². The number of benzene rings is 1. The summed E-state index contributed by atoms with van der Waals surface area (Å²) >= 11 is 6.15. The van der Waals surface area contributed by atoms with Crippen molar-refractivity contribution < 1.29 is 52.7 Å². The lowest BCUT2D eigenvalue weighted by molar-refractivity contribution is -0.302. The molecule has 1 aromatic carbocycles. The van der Waals surface area contributed by atoms with Gasteiger partial charge in [0.25, 0.3) is 0 Å². The molecule has 4 fully saturated rings. The molecule has 1 aromatic rings. The fourth-order valence-corrected chi connectivity index (χ4v) is 10.6. The number of methoxy groups -OCH3 is 1. The Morgan fingerprint density at radius 3 is 2.27 bits per heavy atom. The third kappa shape index (κ3) is 10.2. The van der Waals surface area contributed by atoms with Gasteiger partial charge in [0.05, 0.1) is 35.7 Å². The first-order valence-electron chi connectivity index (χ1n) is 22.2. The van der Waals surface area contributed by atoms with Crippen LogP contribution in [0.15, 0.2) is 24.3 Å². The number of hydrogen-bond donors (Lipinski definition) is 1. The van der Waals surface area contributed by atoms with E-state index in [9.17, 15) is 24.3 Å². The van der Waals surface area contributed by atoms with Crippen molar-refractivity contribution in [3.05, 3.63) is 34.9 Å². The average Bonchev–Trinajstić information content (AvgIpc) is 3.86. The van der Waals surface area contributed by atoms with Gasteiger partial charge in [-0.05, 0) is 97.5 Å². The molecule has 1 saturated carbocycles. The Hall–Kier alpha value is -2.81. The summed E-state index contributed by atoms with van der Waals surface area (Å²) in [6.07, 6.45) is -1.32. The minimum Gasteiger partial charge on any atom is -0.461 e. The molecule has 14 heteroatoms. The van der Waals surface area contributed by atoms with Crippen LogP contribution < -0.4 is 0 Å². The van der Waals surface area contributed by atoms with Crippen molar-refractivity contribution in [3.63, 3.8) is 0 Å². The molecule has 0 bridgehead atoms. The van der Waals surface area contributed by atoms with Gasteiger partial charge in [-0.25, -0.2) is 4.79 Å². The molecule has 1 N–H and O–H groups in total. The Kier molecular flexibility index (Phi) is 16.2. The van der Waals surface area contributed by atoms with Crippen LogP contribution in [0.5, 0.6) is 0 Å². The quantitative estimate of drug-likeness (QED) is 0.180. The molecule has 1 aliphatic carbocycles. The summed E-state index contributed by atoms with van der Waals surface area (Å²) in [4.78, 5) is 61.1. The number of aliphatic hydroxyl groups excluding tert-OH is 1. The maximum absolute atomic E-state index is 14.9. The number of fused-ring (bicyclic) bond motifs is 1. The van der Waals surface area contributed by atoms with Gasteiger partial charge in [0.1, 0.15) is 24.1 Å². The van der Waals surface area contributed by atoms with Gasteiger partial charge in [0.2, 0.25) is 0 Å². The fourth-order valence-electron chi connectivity index (χ4n) is 10.5. The number of hydrogen-bond acceptors (Lipinski definition) is 12. The molecule has 0 spiro atoms. The van der Waals surface area contributed by atoms with Crippen molar-refractivity contribution in [2.75, 3.05) is 27.2 Å². The van der Waals surface area contributed by atoms with E-state index in [0.717, 1.165) is 18.4 Å². The maximum atomic E-state index is 14.9. The number of aliphatic hydroxyl groups is 1. The van der Waals surface area contributed by atoms with Crippen molar-refractivity contribution in [1.82, 2.24) is 9.80 Å². The summed E-state index contributed by atoms with van der Waals surface area (Å²) in [7, 11) is 3.49. The van der Waals surface area contributed by atoms with Gasteiger partial charge >= 0.3 is 18.0 Å². The maximum Gasteiger partial charge on any atom is 0.410 e. The minimum absolute atomic E-state index is 0.140. The van der Waals surface area contributed by atoms with Crippen LogP contribution in [0.25, 0.3) is 0 Å². The fraction of sp³-hybridized carbons (Fsp3) is 0.783. The smallest absolute Gasteiger partial charge is 0.410 e. The lowest BCUT2D eigenvalue weighted by Crippen LogP contribution is -2.61. The molecule has 13 nitrogen and oxygen atoms in total. The number of carbonyl (C=O) groups is 4. The van der Waals surface area contributed by atoms with Crippen molar-refractivity contribution in [3.8, 4) is 0 Å². The lowest BCUT2D eigenvalue weighted by atomic mass is 9.73. The Morgan fingerprint density at radius 1 is 1.02 bits per heavy atom. The third-order valence-corrected chi connectivity index (χ3v) is 14.5. The first kappa shape index (κ1) is 48.2. The van der Waals surface area contributed by atoms with Crippen molar-refractivity contribution in [2.24, 2.45) is 29.6 Å². The van der Waals surface area contributed by atoms with Crippen LogP contribution in [-0.2, 0) is 49.2 Å². The Balaban J connectivity index is 1.60. The molecule has 0 unspecified atom stereocenters. The van der Waals surface area contributed by atoms with E-state index in [2.05, 4.69) is 4.90 Å². The Labute approximate surface area is 362 Å². The monoisotopic (exact) mass is 862 g/mol. The van der Waals surface area contributed by atoms with E-state index in [1.165, 1.54) is 0 Å². The highest BCUT2D eigenvalue weighted by Crippen LogP contribution is 2.44. The third-order valence-electron chi connectivity index (χ3n) is 14.2. The minimum atomic E-state index is -1.41. The van der Waals surface area contributed by atoms with Gasteiger partial charge in [-0.15, -0.1) is 0 Å². The van der Waals surface area contributed by atoms with Crippen LogP contribution in [-0.4, -0.2) is 126 Å². The van der Waals surface area contributed by atoms with Crippen molar-refractivity contribution >= 4 is 35.4 Å².